The van der Waals surface area contributed by atoms with E-state index in [1.165, 1.54) is 11.1 Å². The Morgan fingerprint density at radius 2 is 1.96 bits per heavy atom. The highest BCUT2D eigenvalue weighted by atomic mass is 16.6. The molecule has 0 N–H and O–H groups in total. The van der Waals surface area contributed by atoms with Gasteiger partial charge in [0.25, 0.3) is 0 Å². The van der Waals surface area contributed by atoms with Crippen LogP contribution < -0.4 is 0 Å². The molecule has 0 saturated carbocycles. The van der Waals surface area contributed by atoms with E-state index in [0.29, 0.717) is 19.6 Å². The molecule has 0 radical (unpaired) electrons. The molecule has 6 heteroatoms. The van der Waals surface area contributed by atoms with Gasteiger partial charge < -0.3 is 14.5 Å². The van der Waals surface area contributed by atoms with Gasteiger partial charge in [-0.3, -0.25) is 9.69 Å². The zero-order chi connectivity index (χ0) is 18.1. The number of nitrogens with zero attached hydrogens (tertiary/aromatic N) is 3. The van der Waals surface area contributed by atoms with Crippen LogP contribution in [0.5, 0.6) is 0 Å². The van der Waals surface area contributed by atoms with Crippen LogP contribution in [-0.4, -0.2) is 72.1 Å². The van der Waals surface area contributed by atoms with E-state index in [2.05, 4.69) is 29.2 Å². The Morgan fingerprint density at radius 1 is 1.15 bits per heavy atom. The Morgan fingerprint density at radius 3 is 2.73 bits per heavy atom. The minimum Gasteiger partial charge on any atom is -0.441 e. The van der Waals surface area contributed by atoms with Crippen molar-refractivity contribution in [2.45, 2.75) is 37.8 Å². The molecule has 1 aromatic carbocycles. The third-order valence-electron chi connectivity index (χ3n) is 5.96. The van der Waals surface area contributed by atoms with Crippen LogP contribution >= 0.6 is 0 Å². The van der Waals surface area contributed by atoms with Crippen molar-refractivity contribution in [3.63, 3.8) is 0 Å². The molecule has 0 bridgehead atoms. The molecule has 1 unspecified atom stereocenters. The van der Waals surface area contributed by atoms with Crippen molar-refractivity contribution in [2.24, 2.45) is 0 Å². The summed E-state index contributed by atoms with van der Waals surface area (Å²) in [5, 5.41) is 0. The smallest absolute Gasteiger partial charge is 0.410 e. The fourth-order valence-corrected chi connectivity index (χ4v) is 4.45. The van der Waals surface area contributed by atoms with Crippen molar-refractivity contribution in [3.8, 4) is 0 Å². The van der Waals surface area contributed by atoms with Gasteiger partial charge >= 0.3 is 6.09 Å². The predicted molar refractivity (Wildman–Crippen MR) is 97.7 cm³/mol. The summed E-state index contributed by atoms with van der Waals surface area (Å²) in [6.45, 7) is 4.32. The number of hydrogen-bond donors (Lipinski definition) is 0. The second-order valence-electron chi connectivity index (χ2n) is 7.87. The largest absolute Gasteiger partial charge is 0.441 e. The number of rotatable bonds is 2. The molecule has 26 heavy (non-hydrogen) atoms. The van der Waals surface area contributed by atoms with E-state index in [9.17, 15) is 9.59 Å². The normalized spacial score (nSPS) is 26.6. The van der Waals surface area contributed by atoms with Crippen molar-refractivity contribution in [1.29, 1.82) is 0 Å². The second-order valence-corrected chi connectivity index (χ2v) is 7.87. The molecular formula is C20H27N3O3. The fraction of sp³-hybridized carbons (Fsp3) is 0.600. The van der Waals surface area contributed by atoms with Gasteiger partial charge in [0.1, 0.15) is 5.60 Å². The molecule has 2 amide bonds. The number of likely N-dealkylation sites (N-methyl/N-ethyl adjacent to an activating group) is 1. The first-order chi connectivity index (χ1) is 12.5. The minimum atomic E-state index is -0.398. The van der Waals surface area contributed by atoms with Gasteiger partial charge in [-0.25, -0.2) is 4.79 Å². The van der Waals surface area contributed by atoms with Gasteiger partial charge in [0.2, 0.25) is 5.91 Å². The van der Waals surface area contributed by atoms with E-state index in [1.54, 1.807) is 11.9 Å². The zero-order valence-electron chi connectivity index (χ0n) is 15.4. The van der Waals surface area contributed by atoms with E-state index in [1.807, 2.05) is 4.90 Å². The second kappa shape index (κ2) is 6.91. The molecule has 3 heterocycles. The molecule has 1 spiro atoms. The zero-order valence-corrected chi connectivity index (χ0v) is 15.4. The average Bonchev–Trinajstić information content (AvgIpc) is 2.79. The topological polar surface area (TPSA) is 53.1 Å². The molecule has 3 aliphatic rings. The first kappa shape index (κ1) is 17.3. The van der Waals surface area contributed by atoms with Gasteiger partial charge in [-0.05, 0) is 30.4 Å². The van der Waals surface area contributed by atoms with Gasteiger partial charge in [-0.15, -0.1) is 0 Å². The lowest BCUT2D eigenvalue weighted by Crippen LogP contribution is -2.43. The summed E-state index contributed by atoms with van der Waals surface area (Å²) in [5.74, 6) is 0.194. The summed E-state index contributed by atoms with van der Waals surface area (Å²) in [6, 6.07) is 8.49. The fourth-order valence-electron chi connectivity index (χ4n) is 4.45. The molecular weight excluding hydrogens is 330 g/mol. The number of likely N-dealkylation sites (tertiary alicyclic amines) is 1. The highest BCUT2D eigenvalue weighted by Crippen LogP contribution is 2.32. The van der Waals surface area contributed by atoms with Crippen molar-refractivity contribution >= 4 is 12.0 Å². The Kier molecular flexibility index (Phi) is 4.61. The summed E-state index contributed by atoms with van der Waals surface area (Å²) in [7, 11) is 1.78. The number of amides is 2. The van der Waals surface area contributed by atoms with Crippen molar-refractivity contribution in [1.82, 2.24) is 14.7 Å². The summed E-state index contributed by atoms with van der Waals surface area (Å²) in [4.78, 5) is 30.4. The highest BCUT2D eigenvalue weighted by Gasteiger charge is 2.44. The predicted octanol–water partition coefficient (Wildman–Crippen LogP) is 1.88. The van der Waals surface area contributed by atoms with Crippen LogP contribution in [0.1, 0.15) is 30.4 Å². The molecule has 4 rings (SSSR count). The van der Waals surface area contributed by atoms with Gasteiger partial charge in [-0.1, -0.05) is 24.3 Å². The SMILES string of the molecule is CN1CC2(CCCN(C(=O)CN3CCc4ccccc4C3)CC2)OC1=O. The maximum atomic E-state index is 12.8. The molecule has 0 aromatic heterocycles. The van der Waals surface area contributed by atoms with Gasteiger partial charge in [0, 0.05) is 39.6 Å². The molecule has 3 aliphatic heterocycles. The summed E-state index contributed by atoms with van der Waals surface area (Å²) < 4.78 is 5.64. The monoisotopic (exact) mass is 357 g/mol. The van der Waals surface area contributed by atoms with E-state index >= 15 is 0 Å². The van der Waals surface area contributed by atoms with E-state index in [0.717, 1.165) is 45.3 Å². The third-order valence-corrected chi connectivity index (χ3v) is 5.96. The maximum Gasteiger partial charge on any atom is 0.410 e. The third kappa shape index (κ3) is 3.43. The number of ether oxygens (including phenoxy) is 1. The minimum absolute atomic E-state index is 0.194. The summed E-state index contributed by atoms with van der Waals surface area (Å²) in [5.41, 5.74) is 2.34. The van der Waals surface area contributed by atoms with Crippen LogP contribution in [-0.2, 0) is 22.5 Å². The van der Waals surface area contributed by atoms with Crippen molar-refractivity contribution in [3.05, 3.63) is 35.4 Å². The summed E-state index contributed by atoms with van der Waals surface area (Å²) in [6.07, 6.45) is 3.23. The number of benzene rings is 1. The van der Waals surface area contributed by atoms with Gasteiger partial charge in [0.15, 0.2) is 0 Å². The maximum absolute atomic E-state index is 12.8. The molecule has 1 atom stereocenters. The molecule has 0 aliphatic carbocycles. The van der Waals surface area contributed by atoms with Crippen LogP contribution in [0.25, 0.3) is 0 Å². The number of carbonyl (C=O) groups excluding carboxylic acids is 2. The van der Waals surface area contributed by atoms with E-state index in [4.69, 9.17) is 4.74 Å². The first-order valence-corrected chi connectivity index (χ1v) is 9.56. The van der Waals surface area contributed by atoms with Gasteiger partial charge in [-0.2, -0.15) is 0 Å². The standard InChI is InChI=1S/C20H27N3O3/c1-21-15-20(26-19(21)25)8-4-10-23(12-9-20)18(24)14-22-11-7-16-5-2-3-6-17(16)13-22/h2-3,5-6H,4,7-15H2,1H3. The lowest BCUT2D eigenvalue weighted by molar-refractivity contribution is -0.132. The van der Waals surface area contributed by atoms with Crippen LogP contribution in [0, 0.1) is 0 Å². The Hall–Kier alpha value is -2.08. The Bertz CT molecular complexity index is 707. The molecule has 1 aromatic rings. The van der Waals surface area contributed by atoms with Crippen molar-refractivity contribution in [2.75, 3.05) is 39.8 Å². The quantitative estimate of drug-likeness (QED) is 0.811. The van der Waals surface area contributed by atoms with Crippen LogP contribution in [0.2, 0.25) is 0 Å². The lowest BCUT2D eigenvalue weighted by atomic mass is 9.95. The first-order valence-electron chi connectivity index (χ1n) is 9.56. The highest BCUT2D eigenvalue weighted by molar-refractivity contribution is 5.78. The average molecular weight is 357 g/mol. The van der Waals surface area contributed by atoms with Crippen molar-refractivity contribution < 1.29 is 14.3 Å². The van der Waals surface area contributed by atoms with Crippen LogP contribution in [0.3, 0.4) is 0 Å². The number of hydrogen-bond acceptors (Lipinski definition) is 4. The number of carbonyl (C=O) groups is 2. The van der Waals surface area contributed by atoms with Crippen LogP contribution in [0.15, 0.2) is 24.3 Å². The molecule has 140 valence electrons. The van der Waals surface area contributed by atoms with E-state index < -0.39 is 5.60 Å². The van der Waals surface area contributed by atoms with Crippen LogP contribution in [0.4, 0.5) is 4.79 Å². The lowest BCUT2D eigenvalue weighted by Gasteiger charge is -2.30. The molecule has 2 saturated heterocycles. The Labute approximate surface area is 154 Å². The Balaban J connectivity index is 1.34. The number of fused-ring (bicyclic) bond motifs is 1. The van der Waals surface area contributed by atoms with E-state index in [-0.39, 0.29) is 12.0 Å². The molecule has 2 fully saturated rings. The van der Waals surface area contributed by atoms with Gasteiger partial charge in [0.05, 0.1) is 13.1 Å². The molecule has 6 nitrogen and oxygen atoms in total. The summed E-state index contributed by atoms with van der Waals surface area (Å²) >= 11 is 0.